The maximum absolute atomic E-state index is 7.65. The fraction of sp³-hybridized carbons (Fsp3) is 0.333. The molecule has 0 unspecified atom stereocenters. The Morgan fingerprint density at radius 1 is 1.35 bits per heavy atom. The molecule has 5 heteroatoms. The van der Waals surface area contributed by atoms with Crippen LogP contribution >= 0.6 is 0 Å². The quantitative estimate of drug-likeness (QED) is 0.478. The summed E-state index contributed by atoms with van der Waals surface area (Å²) < 4.78 is 5.87. The molecule has 0 spiro atoms. The van der Waals surface area contributed by atoms with Gasteiger partial charge >= 0.3 is 0 Å². The van der Waals surface area contributed by atoms with E-state index in [0.717, 1.165) is 23.9 Å². The number of para-hydroxylation sites is 1. The normalized spacial score (nSPS) is 10.9. The van der Waals surface area contributed by atoms with E-state index in [2.05, 4.69) is 9.88 Å². The molecule has 0 bridgehead atoms. The zero-order valence-electron chi connectivity index (χ0n) is 11.9. The molecule has 1 aromatic carbocycles. The summed E-state index contributed by atoms with van der Waals surface area (Å²) >= 11 is 0. The van der Waals surface area contributed by atoms with Crippen LogP contribution in [0.5, 0.6) is 5.75 Å². The van der Waals surface area contributed by atoms with E-state index in [1.54, 1.807) is 6.20 Å². The fourth-order valence-electron chi connectivity index (χ4n) is 2.02. The Labute approximate surface area is 118 Å². The molecule has 1 aromatic heterocycles. The van der Waals surface area contributed by atoms with Crippen LogP contribution in [0.15, 0.2) is 30.5 Å². The first-order chi connectivity index (χ1) is 9.59. The first kappa shape index (κ1) is 14.3. The second-order valence-corrected chi connectivity index (χ2v) is 4.94. The van der Waals surface area contributed by atoms with Gasteiger partial charge in [0.15, 0.2) is 0 Å². The second kappa shape index (κ2) is 6.34. The summed E-state index contributed by atoms with van der Waals surface area (Å²) in [6.07, 6.45) is 2.52. The largest absolute Gasteiger partial charge is 0.492 e. The Morgan fingerprint density at radius 3 is 2.80 bits per heavy atom. The number of aromatic nitrogens is 1. The number of ether oxygens (including phenoxy) is 1. The summed E-state index contributed by atoms with van der Waals surface area (Å²) in [5.41, 5.74) is 7.01. The van der Waals surface area contributed by atoms with Crippen LogP contribution in [0.4, 0.5) is 0 Å². The third-order valence-electron chi connectivity index (χ3n) is 3.01. The lowest BCUT2D eigenvalue weighted by Gasteiger charge is -2.14. The number of pyridine rings is 1. The molecule has 0 saturated heterocycles. The molecule has 0 radical (unpaired) electrons. The molecule has 0 atom stereocenters. The van der Waals surface area contributed by atoms with Gasteiger partial charge in [-0.15, -0.1) is 0 Å². The number of nitrogens with one attached hydrogen (secondary N) is 1. The minimum atomic E-state index is -0.0223. The third-order valence-corrected chi connectivity index (χ3v) is 3.01. The van der Waals surface area contributed by atoms with Crippen molar-refractivity contribution in [1.29, 1.82) is 5.41 Å². The smallest absolute Gasteiger partial charge is 0.141 e. The van der Waals surface area contributed by atoms with E-state index in [1.807, 2.05) is 38.4 Å². The van der Waals surface area contributed by atoms with Crippen molar-refractivity contribution in [2.45, 2.75) is 6.42 Å². The molecule has 20 heavy (non-hydrogen) atoms. The van der Waals surface area contributed by atoms with Crippen LogP contribution in [-0.2, 0) is 0 Å². The number of rotatable bonds is 6. The Kier molecular flexibility index (Phi) is 4.53. The van der Waals surface area contributed by atoms with Gasteiger partial charge in [-0.2, -0.15) is 0 Å². The number of amidine groups is 1. The molecule has 1 heterocycles. The zero-order chi connectivity index (χ0) is 14.5. The average molecular weight is 272 g/mol. The maximum Gasteiger partial charge on any atom is 0.141 e. The minimum Gasteiger partial charge on any atom is -0.492 e. The van der Waals surface area contributed by atoms with E-state index in [9.17, 15) is 0 Å². The summed E-state index contributed by atoms with van der Waals surface area (Å²) in [6, 6.07) is 7.72. The highest BCUT2D eigenvalue weighted by atomic mass is 16.5. The van der Waals surface area contributed by atoms with Gasteiger partial charge in [-0.3, -0.25) is 10.4 Å². The van der Waals surface area contributed by atoms with Gasteiger partial charge in [0, 0.05) is 18.1 Å². The maximum atomic E-state index is 7.65. The van der Waals surface area contributed by atoms with E-state index in [0.29, 0.717) is 17.9 Å². The second-order valence-electron chi connectivity index (χ2n) is 4.94. The van der Waals surface area contributed by atoms with Crippen LogP contribution in [0.1, 0.15) is 12.0 Å². The van der Waals surface area contributed by atoms with Crippen LogP contribution in [0.3, 0.4) is 0 Å². The highest BCUT2D eigenvalue weighted by molar-refractivity contribution is 6.02. The van der Waals surface area contributed by atoms with Gasteiger partial charge in [0.1, 0.15) is 11.6 Å². The third kappa shape index (κ3) is 3.24. The lowest BCUT2D eigenvalue weighted by atomic mass is 10.1. The Morgan fingerprint density at radius 2 is 2.10 bits per heavy atom. The van der Waals surface area contributed by atoms with Gasteiger partial charge in [-0.25, -0.2) is 0 Å². The van der Waals surface area contributed by atoms with E-state index in [1.165, 1.54) is 0 Å². The molecule has 0 aliphatic carbocycles. The van der Waals surface area contributed by atoms with Crippen LogP contribution < -0.4 is 10.5 Å². The lowest BCUT2D eigenvalue weighted by molar-refractivity contribution is 0.283. The molecule has 0 amide bonds. The van der Waals surface area contributed by atoms with Crippen molar-refractivity contribution in [3.05, 3.63) is 36.0 Å². The van der Waals surface area contributed by atoms with E-state index >= 15 is 0 Å². The minimum absolute atomic E-state index is 0.0223. The van der Waals surface area contributed by atoms with Crippen LogP contribution in [0.25, 0.3) is 10.9 Å². The van der Waals surface area contributed by atoms with Crippen molar-refractivity contribution in [2.24, 2.45) is 5.73 Å². The molecule has 0 aliphatic rings. The predicted molar refractivity (Wildman–Crippen MR) is 81.4 cm³/mol. The molecule has 0 aliphatic heterocycles. The monoisotopic (exact) mass is 272 g/mol. The van der Waals surface area contributed by atoms with Gasteiger partial charge in [-0.05, 0) is 32.6 Å². The number of fused-ring (bicyclic) bond motifs is 1. The van der Waals surface area contributed by atoms with Crippen LogP contribution in [0, 0.1) is 5.41 Å². The standard InChI is InChI=1S/C15H20N4O/c1-19(2)8-5-9-20-14-11-6-3-4-7-13(11)18-10-12(14)15(16)17/h3-4,6-7,10H,5,8-9H2,1-2H3,(H3,16,17). The summed E-state index contributed by atoms with van der Waals surface area (Å²) in [5.74, 6) is 0.632. The molecular formula is C15H20N4O. The fourth-order valence-corrected chi connectivity index (χ4v) is 2.02. The first-order valence-electron chi connectivity index (χ1n) is 6.59. The summed E-state index contributed by atoms with van der Waals surface area (Å²) in [6.45, 7) is 1.55. The van der Waals surface area contributed by atoms with E-state index in [-0.39, 0.29) is 5.84 Å². The van der Waals surface area contributed by atoms with Gasteiger partial charge in [-0.1, -0.05) is 12.1 Å². The van der Waals surface area contributed by atoms with Crippen LogP contribution in [0.2, 0.25) is 0 Å². The van der Waals surface area contributed by atoms with E-state index < -0.39 is 0 Å². The topological polar surface area (TPSA) is 75.2 Å². The number of benzene rings is 1. The number of nitrogens with zero attached hydrogens (tertiary/aromatic N) is 2. The van der Waals surface area contributed by atoms with Gasteiger partial charge < -0.3 is 15.4 Å². The number of nitrogens with two attached hydrogens (primary N) is 1. The van der Waals surface area contributed by atoms with Crippen molar-refractivity contribution < 1.29 is 4.74 Å². The number of hydrogen-bond acceptors (Lipinski definition) is 4. The van der Waals surface area contributed by atoms with Gasteiger partial charge in [0.25, 0.3) is 0 Å². The molecule has 3 N–H and O–H groups in total. The summed E-state index contributed by atoms with van der Waals surface area (Å²) in [7, 11) is 4.06. The highest BCUT2D eigenvalue weighted by Gasteiger charge is 2.12. The van der Waals surface area contributed by atoms with Crippen molar-refractivity contribution in [3.8, 4) is 5.75 Å². The number of nitrogen functional groups attached to an aromatic ring is 1. The Balaban J connectivity index is 2.28. The Hall–Kier alpha value is -2.14. The summed E-state index contributed by atoms with van der Waals surface area (Å²) in [5, 5.41) is 8.54. The van der Waals surface area contributed by atoms with Crippen molar-refractivity contribution in [1.82, 2.24) is 9.88 Å². The van der Waals surface area contributed by atoms with Crippen LogP contribution in [-0.4, -0.2) is 43.0 Å². The molecule has 0 fully saturated rings. The molecular weight excluding hydrogens is 252 g/mol. The predicted octanol–water partition coefficient (Wildman–Crippen LogP) is 1.85. The first-order valence-corrected chi connectivity index (χ1v) is 6.59. The average Bonchev–Trinajstić information content (AvgIpc) is 2.42. The molecule has 5 nitrogen and oxygen atoms in total. The Bertz CT molecular complexity index is 610. The number of hydrogen-bond donors (Lipinski definition) is 2. The molecule has 2 aromatic rings. The highest BCUT2D eigenvalue weighted by Crippen LogP contribution is 2.28. The van der Waals surface area contributed by atoms with Gasteiger partial charge in [0.05, 0.1) is 17.7 Å². The zero-order valence-corrected chi connectivity index (χ0v) is 11.9. The van der Waals surface area contributed by atoms with Gasteiger partial charge in [0.2, 0.25) is 0 Å². The van der Waals surface area contributed by atoms with Crippen molar-refractivity contribution >= 4 is 16.7 Å². The SMILES string of the molecule is CN(C)CCCOc1c(C(=N)N)cnc2ccccc12. The molecule has 106 valence electrons. The summed E-state index contributed by atoms with van der Waals surface area (Å²) in [4.78, 5) is 6.42. The van der Waals surface area contributed by atoms with E-state index in [4.69, 9.17) is 15.9 Å². The lowest BCUT2D eigenvalue weighted by Crippen LogP contribution is -2.17. The molecule has 0 saturated carbocycles. The van der Waals surface area contributed by atoms with Crippen molar-refractivity contribution in [2.75, 3.05) is 27.2 Å². The van der Waals surface area contributed by atoms with Crippen molar-refractivity contribution in [3.63, 3.8) is 0 Å². The molecule has 2 rings (SSSR count).